The predicted octanol–water partition coefficient (Wildman–Crippen LogP) is 2.34. The maximum atomic E-state index is 13.3. The number of hydrogen-bond acceptors (Lipinski definition) is 4. The van der Waals surface area contributed by atoms with Gasteiger partial charge < -0.3 is 4.90 Å². The Morgan fingerprint density at radius 3 is 2.42 bits per heavy atom. The van der Waals surface area contributed by atoms with Crippen molar-refractivity contribution in [1.29, 1.82) is 0 Å². The van der Waals surface area contributed by atoms with E-state index in [1.165, 1.54) is 33.8 Å². The number of carbonyl (C=O) groups is 1. The first-order valence-electron chi connectivity index (χ1n) is 7.49. The van der Waals surface area contributed by atoms with Crippen LogP contribution in [0, 0.1) is 12.7 Å². The molecule has 1 amide bonds. The molecule has 0 bridgehead atoms. The van der Waals surface area contributed by atoms with Crippen molar-refractivity contribution in [2.24, 2.45) is 0 Å². The quantitative estimate of drug-likeness (QED) is 0.836. The number of nitrogens with zero attached hydrogens (tertiary/aromatic N) is 2. The molecule has 0 radical (unpaired) electrons. The van der Waals surface area contributed by atoms with E-state index in [0.717, 1.165) is 10.9 Å². The zero-order chi connectivity index (χ0) is 17.3. The third-order valence-electron chi connectivity index (χ3n) is 3.91. The predicted molar refractivity (Wildman–Crippen MR) is 90.1 cm³/mol. The number of benzene rings is 1. The SMILES string of the molecule is Cc1ccc(C(=O)N2CCN(S(=O)(=O)c3cccc(F)c3)CC2)s1. The smallest absolute Gasteiger partial charge is 0.264 e. The summed E-state index contributed by atoms with van der Waals surface area (Å²) in [4.78, 5) is 15.7. The summed E-state index contributed by atoms with van der Waals surface area (Å²) in [7, 11) is -3.74. The second kappa shape index (κ2) is 6.62. The Balaban J connectivity index is 1.69. The van der Waals surface area contributed by atoms with Crippen LogP contribution in [0.2, 0.25) is 0 Å². The van der Waals surface area contributed by atoms with E-state index in [4.69, 9.17) is 0 Å². The first-order valence-corrected chi connectivity index (χ1v) is 9.75. The molecular weight excluding hydrogens is 351 g/mol. The van der Waals surface area contributed by atoms with Gasteiger partial charge in [-0.05, 0) is 37.3 Å². The minimum absolute atomic E-state index is 0.0591. The van der Waals surface area contributed by atoms with E-state index in [2.05, 4.69) is 0 Å². The highest BCUT2D eigenvalue weighted by Crippen LogP contribution is 2.21. The zero-order valence-electron chi connectivity index (χ0n) is 13.1. The van der Waals surface area contributed by atoms with Gasteiger partial charge in [-0.15, -0.1) is 11.3 Å². The molecule has 1 aromatic heterocycles. The topological polar surface area (TPSA) is 57.7 Å². The standard InChI is InChI=1S/C16H17FN2O3S2/c1-12-5-6-15(23-12)16(20)18-7-9-19(10-8-18)24(21,22)14-4-2-3-13(17)11-14/h2-6,11H,7-10H2,1H3. The number of aryl methyl sites for hydroxylation is 1. The average molecular weight is 368 g/mol. The van der Waals surface area contributed by atoms with E-state index < -0.39 is 15.8 Å². The molecule has 1 saturated heterocycles. The van der Waals surface area contributed by atoms with Gasteiger partial charge in [0.15, 0.2) is 0 Å². The normalized spacial score (nSPS) is 16.3. The maximum Gasteiger partial charge on any atom is 0.264 e. The second-order valence-corrected chi connectivity index (χ2v) is 8.79. The second-order valence-electron chi connectivity index (χ2n) is 5.56. The highest BCUT2D eigenvalue weighted by Gasteiger charge is 2.30. The van der Waals surface area contributed by atoms with Gasteiger partial charge in [0, 0.05) is 31.1 Å². The fourth-order valence-electron chi connectivity index (χ4n) is 2.61. The van der Waals surface area contributed by atoms with E-state index >= 15 is 0 Å². The first kappa shape index (κ1) is 17.1. The maximum absolute atomic E-state index is 13.3. The molecule has 0 atom stereocenters. The highest BCUT2D eigenvalue weighted by atomic mass is 32.2. The first-order chi connectivity index (χ1) is 11.4. The molecule has 8 heteroatoms. The van der Waals surface area contributed by atoms with Crippen LogP contribution in [0.5, 0.6) is 0 Å². The van der Waals surface area contributed by atoms with Crippen molar-refractivity contribution in [3.63, 3.8) is 0 Å². The Morgan fingerprint density at radius 1 is 1.12 bits per heavy atom. The van der Waals surface area contributed by atoms with Crippen molar-refractivity contribution in [1.82, 2.24) is 9.21 Å². The van der Waals surface area contributed by atoms with Crippen LogP contribution in [-0.4, -0.2) is 49.7 Å². The van der Waals surface area contributed by atoms with Gasteiger partial charge in [-0.25, -0.2) is 12.8 Å². The molecule has 1 aromatic carbocycles. The summed E-state index contributed by atoms with van der Waals surface area (Å²) in [5, 5.41) is 0. The molecule has 2 heterocycles. The molecule has 2 aromatic rings. The largest absolute Gasteiger partial charge is 0.335 e. The minimum Gasteiger partial charge on any atom is -0.335 e. The third-order valence-corrected chi connectivity index (χ3v) is 6.79. The van der Waals surface area contributed by atoms with Gasteiger partial charge in [0.1, 0.15) is 5.82 Å². The van der Waals surface area contributed by atoms with Crippen LogP contribution in [0.15, 0.2) is 41.3 Å². The Morgan fingerprint density at radius 2 is 1.83 bits per heavy atom. The highest BCUT2D eigenvalue weighted by molar-refractivity contribution is 7.89. The Kier molecular flexibility index (Phi) is 4.71. The summed E-state index contributed by atoms with van der Waals surface area (Å²) in [5.41, 5.74) is 0. The molecule has 128 valence electrons. The molecule has 5 nitrogen and oxygen atoms in total. The Hall–Kier alpha value is -1.77. The van der Waals surface area contributed by atoms with Crippen molar-refractivity contribution in [3.05, 3.63) is 52.0 Å². The Bertz CT molecular complexity index is 856. The number of rotatable bonds is 3. The molecule has 3 rings (SSSR count). The van der Waals surface area contributed by atoms with Gasteiger partial charge in [0.25, 0.3) is 5.91 Å². The summed E-state index contributed by atoms with van der Waals surface area (Å²) < 4.78 is 39.7. The van der Waals surface area contributed by atoms with Crippen LogP contribution >= 0.6 is 11.3 Å². The van der Waals surface area contributed by atoms with Crippen LogP contribution in [0.4, 0.5) is 4.39 Å². The van der Waals surface area contributed by atoms with Gasteiger partial charge in [0.2, 0.25) is 10.0 Å². The van der Waals surface area contributed by atoms with Gasteiger partial charge in [0.05, 0.1) is 9.77 Å². The van der Waals surface area contributed by atoms with Crippen LogP contribution in [0.1, 0.15) is 14.5 Å². The Labute approximate surface area is 144 Å². The minimum atomic E-state index is -3.74. The van der Waals surface area contributed by atoms with Crippen LogP contribution in [0.25, 0.3) is 0 Å². The lowest BCUT2D eigenvalue weighted by Crippen LogP contribution is -2.50. The lowest BCUT2D eigenvalue weighted by Gasteiger charge is -2.33. The number of carbonyl (C=O) groups excluding carboxylic acids is 1. The zero-order valence-corrected chi connectivity index (χ0v) is 14.7. The molecule has 0 spiro atoms. The number of piperazine rings is 1. The van der Waals surface area contributed by atoms with Gasteiger partial charge in [-0.3, -0.25) is 4.79 Å². The number of hydrogen-bond donors (Lipinski definition) is 0. The van der Waals surface area contributed by atoms with Gasteiger partial charge >= 0.3 is 0 Å². The number of amides is 1. The van der Waals surface area contributed by atoms with Gasteiger partial charge in [-0.1, -0.05) is 6.07 Å². The van der Waals surface area contributed by atoms with Crippen molar-refractivity contribution >= 4 is 27.3 Å². The molecule has 1 aliphatic heterocycles. The molecule has 24 heavy (non-hydrogen) atoms. The van der Waals surface area contributed by atoms with E-state index in [9.17, 15) is 17.6 Å². The van der Waals surface area contributed by atoms with E-state index in [0.29, 0.717) is 18.0 Å². The van der Waals surface area contributed by atoms with E-state index in [1.54, 1.807) is 11.0 Å². The van der Waals surface area contributed by atoms with Crippen molar-refractivity contribution in [2.75, 3.05) is 26.2 Å². The molecule has 0 N–H and O–H groups in total. The van der Waals surface area contributed by atoms with E-state index in [-0.39, 0.29) is 23.9 Å². The lowest BCUT2D eigenvalue weighted by molar-refractivity contribution is 0.0703. The van der Waals surface area contributed by atoms with Crippen molar-refractivity contribution in [3.8, 4) is 0 Å². The molecule has 0 saturated carbocycles. The van der Waals surface area contributed by atoms with Crippen LogP contribution in [-0.2, 0) is 10.0 Å². The summed E-state index contributed by atoms with van der Waals surface area (Å²) in [6.07, 6.45) is 0. The summed E-state index contributed by atoms with van der Waals surface area (Å²) in [6, 6.07) is 8.66. The average Bonchev–Trinajstić information content (AvgIpc) is 3.01. The molecule has 1 fully saturated rings. The number of thiophene rings is 1. The number of halogens is 1. The van der Waals surface area contributed by atoms with Crippen LogP contribution in [0.3, 0.4) is 0 Å². The molecule has 0 unspecified atom stereocenters. The summed E-state index contributed by atoms with van der Waals surface area (Å²) in [5.74, 6) is -0.658. The fraction of sp³-hybridized carbons (Fsp3) is 0.312. The van der Waals surface area contributed by atoms with Crippen molar-refractivity contribution < 1.29 is 17.6 Å². The fourth-order valence-corrected chi connectivity index (χ4v) is 4.90. The molecule has 1 aliphatic rings. The lowest BCUT2D eigenvalue weighted by atomic mass is 10.3. The van der Waals surface area contributed by atoms with E-state index in [1.807, 2.05) is 13.0 Å². The van der Waals surface area contributed by atoms with Crippen molar-refractivity contribution in [2.45, 2.75) is 11.8 Å². The van der Waals surface area contributed by atoms with Gasteiger partial charge in [-0.2, -0.15) is 4.31 Å². The third kappa shape index (κ3) is 3.35. The molecule has 0 aliphatic carbocycles. The molecular formula is C16H17FN2O3S2. The van der Waals surface area contributed by atoms with Crippen LogP contribution < -0.4 is 0 Å². The number of sulfonamides is 1. The summed E-state index contributed by atoms with van der Waals surface area (Å²) >= 11 is 1.43. The monoisotopic (exact) mass is 368 g/mol. The summed E-state index contributed by atoms with van der Waals surface area (Å²) in [6.45, 7) is 2.99.